The van der Waals surface area contributed by atoms with Crippen LogP contribution < -0.4 is 0 Å². The molecule has 0 aliphatic rings. The summed E-state index contributed by atoms with van der Waals surface area (Å²) in [5, 5.41) is 0. The molecule has 1 heterocycles. The van der Waals surface area contributed by atoms with Crippen molar-refractivity contribution in [1.82, 2.24) is 9.55 Å². The van der Waals surface area contributed by atoms with Gasteiger partial charge >= 0.3 is 0 Å². The summed E-state index contributed by atoms with van der Waals surface area (Å²) in [6.45, 7) is 4.60. The van der Waals surface area contributed by atoms with E-state index in [0.717, 1.165) is 0 Å². The average Bonchev–Trinajstić information content (AvgIpc) is 3.25. The minimum atomic E-state index is 0.576. The molecule has 0 bridgehead atoms. The van der Waals surface area contributed by atoms with Gasteiger partial charge in [0.05, 0.1) is 6.33 Å². The molecule has 2 heteroatoms. The van der Waals surface area contributed by atoms with E-state index in [9.17, 15) is 0 Å². The summed E-state index contributed by atoms with van der Waals surface area (Å²) in [6, 6.07) is 11.7. The minimum absolute atomic E-state index is 0.576. The Kier molecular flexibility index (Phi) is 11.7. The van der Waals surface area contributed by atoms with E-state index in [-0.39, 0.29) is 0 Å². The third-order valence-electron chi connectivity index (χ3n) is 6.07. The first-order valence-corrected chi connectivity index (χ1v) is 11.9. The van der Waals surface area contributed by atoms with Gasteiger partial charge in [-0.2, -0.15) is 0 Å². The summed E-state index contributed by atoms with van der Waals surface area (Å²) < 4.78 is 2.38. The summed E-state index contributed by atoms with van der Waals surface area (Å²) in [5.41, 5.74) is 1.48. The van der Waals surface area contributed by atoms with Gasteiger partial charge in [0.15, 0.2) is 0 Å². The Morgan fingerprint density at radius 2 is 1.46 bits per heavy atom. The molecule has 2 atom stereocenters. The van der Waals surface area contributed by atoms with Crippen molar-refractivity contribution in [2.75, 3.05) is 0 Å². The molecular formula is C26H42N2. The van der Waals surface area contributed by atoms with Crippen LogP contribution in [0.25, 0.3) is 0 Å². The third kappa shape index (κ3) is 8.63. The van der Waals surface area contributed by atoms with Gasteiger partial charge in [0, 0.05) is 18.4 Å². The Labute approximate surface area is 173 Å². The molecule has 156 valence electrons. The highest BCUT2D eigenvalue weighted by Gasteiger charge is 2.22. The molecule has 0 aliphatic heterocycles. The number of benzene rings is 1. The maximum absolute atomic E-state index is 4.35. The molecule has 2 aromatic rings. The monoisotopic (exact) mass is 382 g/mol. The molecule has 2 rings (SSSR count). The highest BCUT2D eigenvalue weighted by Crippen LogP contribution is 2.32. The van der Waals surface area contributed by atoms with Crippen LogP contribution in [0.5, 0.6) is 0 Å². The molecule has 0 saturated carbocycles. The highest BCUT2D eigenvalue weighted by molar-refractivity contribution is 5.15. The predicted octanol–water partition coefficient (Wildman–Crippen LogP) is 8.00. The van der Waals surface area contributed by atoms with E-state index >= 15 is 0 Å². The van der Waals surface area contributed by atoms with Crippen LogP contribution in [0.4, 0.5) is 0 Å². The molecule has 0 saturated heterocycles. The van der Waals surface area contributed by atoms with E-state index in [0.29, 0.717) is 12.0 Å². The van der Waals surface area contributed by atoms with Crippen LogP contribution in [0.2, 0.25) is 0 Å². The zero-order valence-electron chi connectivity index (χ0n) is 18.4. The van der Waals surface area contributed by atoms with Crippen molar-refractivity contribution in [1.29, 1.82) is 0 Å². The molecule has 1 aromatic carbocycles. The molecule has 0 N–H and O–H groups in total. The van der Waals surface area contributed by atoms with Gasteiger partial charge in [-0.15, -0.1) is 0 Å². The molecule has 0 aliphatic carbocycles. The molecule has 2 unspecified atom stereocenters. The summed E-state index contributed by atoms with van der Waals surface area (Å²) in [5.74, 6) is 0.697. The molecule has 0 spiro atoms. The first kappa shape index (κ1) is 22.7. The van der Waals surface area contributed by atoms with E-state index in [2.05, 4.69) is 59.9 Å². The van der Waals surface area contributed by atoms with Crippen molar-refractivity contribution in [3.8, 4) is 0 Å². The van der Waals surface area contributed by atoms with Gasteiger partial charge in [-0.1, -0.05) is 108 Å². The molecule has 0 fully saturated rings. The number of hydrogen-bond donors (Lipinski definition) is 0. The van der Waals surface area contributed by atoms with Crippen molar-refractivity contribution in [3.63, 3.8) is 0 Å². The second-order valence-corrected chi connectivity index (χ2v) is 8.43. The Hall–Kier alpha value is -1.57. The third-order valence-corrected chi connectivity index (χ3v) is 6.07. The second kappa shape index (κ2) is 14.4. The van der Waals surface area contributed by atoms with Crippen LogP contribution in [0.15, 0.2) is 49.1 Å². The van der Waals surface area contributed by atoms with Crippen molar-refractivity contribution in [2.45, 2.75) is 103 Å². The number of hydrogen-bond acceptors (Lipinski definition) is 1. The molecule has 1 aromatic heterocycles. The van der Waals surface area contributed by atoms with Gasteiger partial charge in [-0.3, -0.25) is 0 Å². The second-order valence-electron chi connectivity index (χ2n) is 8.43. The standard InChI is InChI=1S/C26H42N2/c1-3-5-7-8-9-10-11-15-18-25(22-24-16-13-12-14-17-24)26(19-6-4-2)28-21-20-27-23-28/h12-14,16-17,20-21,23,25-26H,3-11,15,18-19,22H2,1-2H3. The average molecular weight is 383 g/mol. The molecule has 0 amide bonds. The molecule has 0 radical (unpaired) electrons. The van der Waals surface area contributed by atoms with E-state index < -0.39 is 0 Å². The number of imidazole rings is 1. The lowest BCUT2D eigenvalue weighted by molar-refractivity contribution is 0.277. The normalized spacial score (nSPS) is 13.5. The smallest absolute Gasteiger partial charge is 0.0948 e. The van der Waals surface area contributed by atoms with Gasteiger partial charge in [-0.05, 0) is 30.7 Å². The fourth-order valence-corrected chi connectivity index (χ4v) is 4.39. The Bertz CT molecular complexity index is 576. The SMILES string of the molecule is CCCCCCCCCCC(Cc1ccccc1)C(CCCC)n1ccnc1. The fraction of sp³-hybridized carbons (Fsp3) is 0.654. The van der Waals surface area contributed by atoms with Crippen molar-refractivity contribution in [2.24, 2.45) is 5.92 Å². The number of aromatic nitrogens is 2. The first-order valence-electron chi connectivity index (χ1n) is 11.9. The Morgan fingerprint density at radius 1 is 0.786 bits per heavy atom. The quantitative estimate of drug-likeness (QED) is 0.269. The highest BCUT2D eigenvalue weighted by atomic mass is 15.1. The van der Waals surface area contributed by atoms with Gasteiger partial charge < -0.3 is 4.57 Å². The lowest BCUT2D eigenvalue weighted by Crippen LogP contribution is -2.21. The van der Waals surface area contributed by atoms with Crippen molar-refractivity contribution in [3.05, 3.63) is 54.6 Å². The Morgan fingerprint density at radius 3 is 2.11 bits per heavy atom. The maximum atomic E-state index is 4.35. The van der Waals surface area contributed by atoms with Crippen LogP contribution in [-0.2, 0) is 6.42 Å². The number of nitrogens with zero attached hydrogens (tertiary/aromatic N) is 2. The summed E-state index contributed by atoms with van der Waals surface area (Å²) in [4.78, 5) is 4.35. The predicted molar refractivity (Wildman–Crippen MR) is 122 cm³/mol. The number of rotatable bonds is 16. The zero-order chi connectivity index (χ0) is 19.9. The van der Waals surface area contributed by atoms with Crippen LogP contribution >= 0.6 is 0 Å². The van der Waals surface area contributed by atoms with Crippen molar-refractivity contribution >= 4 is 0 Å². The van der Waals surface area contributed by atoms with E-state index in [1.165, 1.54) is 89.0 Å². The molecule has 2 nitrogen and oxygen atoms in total. The van der Waals surface area contributed by atoms with Crippen LogP contribution in [0.1, 0.15) is 103 Å². The van der Waals surface area contributed by atoms with Gasteiger partial charge in [-0.25, -0.2) is 4.98 Å². The molecular weight excluding hydrogens is 340 g/mol. The molecule has 28 heavy (non-hydrogen) atoms. The fourth-order valence-electron chi connectivity index (χ4n) is 4.39. The number of unbranched alkanes of at least 4 members (excludes halogenated alkanes) is 8. The van der Waals surface area contributed by atoms with Crippen molar-refractivity contribution < 1.29 is 0 Å². The summed E-state index contributed by atoms with van der Waals surface area (Å²) in [6.07, 6.45) is 23.7. The summed E-state index contributed by atoms with van der Waals surface area (Å²) >= 11 is 0. The van der Waals surface area contributed by atoms with Gasteiger partial charge in [0.2, 0.25) is 0 Å². The topological polar surface area (TPSA) is 17.8 Å². The maximum Gasteiger partial charge on any atom is 0.0948 e. The van der Waals surface area contributed by atoms with Gasteiger partial charge in [0.1, 0.15) is 0 Å². The van der Waals surface area contributed by atoms with Crippen LogP contribution in [-0.4, -0.2) is 9.55 Å². The largest absolute Gasteiger partial charge is 0.334 e. The van der Waals surface area contributed by atoms with E-state index in [4.69, 9.17) is 0 Å². The first-order chi connectivity index (χ1) is 13.8. The van der Waals surface area contributed by atoms with Gasteiger partial charge in [0.25, 0.3) is 0 Å². The summed E-state index contributed by atoms with van der Waals surface area (Å²) in [7, 11) is 0. The Balaban J connectivity index is 1.91. The zero-order valence-corrected chi connectivity index (χ0v) is 18.4. The minimum Gasteiger partial charge on any atom is -0.334 e. The lowest BCUT2D eigenvalue weighted by atomic mass is 9.84. The van der Waals surface area contributed by atoms with Crippen LogP contribution in [0, 0.1) is 5.92 Å². The lowest BCUT2D eigenvalue weighted by Gasteiger charge is -2.29. The van der Waals surface area contributed by atoms with E-state index in [1.807, 2.05) is 12.5 Å². The van der Waals surface area contributed by atoms with E-state index in [1.54, 1.807) is 0 Å². The van der Waals surface area contributed by atoms with Crippen LogP contribution in [0.3, 0.4) is 0 Å².